The van der Waals surface area contributed by atoms with Gasteiger partial charge >= 0.3 is 6.18 Å². The molecule has 2 aromatic carbocycles. The lowest BCUT2D eigenvalue weighted by Crippen LogP contribution is -2.25. The van der Waals surface area contributed by atoms with Gasteiger partial charge in [-0.3, -0.25) is 0 Å². The second kappa shape index (κ2) is 5.10. The van der Waals surface area contributed by atoms with E-state index in [0.717, 1.165) is 42.9 Å². The molecule has 2 aromatic rings. The molecule has 0 saturated heterocycles. The van der Waals surface area contributed by atoms with Gasteiger partial charge in [0.1, 0.15) is 0 Å². The Balaban J connectivity index is 1.98. The van der Waals surface area contributed by atoms with Gasteiger partial charge in [-0.1, -0.05) is 12.1 Å². The largest absolute Gasteiger partial charge is 0.416 e. The van der Waals surface area contributed by atoms with Gasteiger partial charge in [-0.25, -0.2) is 0 Å². The molecule has 0 fully saturated rings. The van der Waals surface area contributed by atoms with Crippen LogP contribution in [0.5, 0.6) is 0 Å². The number of anilines is 2. The van der Waals surface area contributed by atoms with Crippen LogP contribution in [0.4, 0.5) is 24.5 Å². The van der Waals surface area contributed by atoms with E-state index in [4.69, 9.17) is 0 Å². The van der Waals surface area contributed by atoms with Crippen LogP contribution in [0, 0.1) is 6.92 Å². The van der Waals surface area contributed by atoms with Gasteiger partial charge in [0.25, 0.3) is 0 Å². The summed E-state index contributed by atoms with van der Waals surface area (Å²) in [4.78, 5) is 2.10. The predicted octanol–water partition coefficient (Wildman–Crippen LogP) is 5.10. The second-order valence-electron chi connectivity index (χ2n) is 5.37. The molecule has 1 aliphatic rings. The first kappa shape index (κ1) is 14.0. The van der Waals surface area contributed by atoms with Crippen molar-refractivity contribution in [2.75, 3.05) is 11.4 Å². The van der Waals surface area contributed by atoms with Gasteiger partial charge < -0.3 is 4.90 Å². The van der Waals surface area contributed by atoms with E-state index in [9.17, 15) is 13.2 Å². The normalized spacial score (nSPS) is 15.0. The Bertz CT molecular complexity index is 644. The van der Waals surface area contributed by atoms with Crippen LogP contribution in [0.15, 0.2) is 42.5 Å². The molecule has 0 atom stereocenters. The molecule has 3 rings (SSSR count). The van der Waals surface area contributed by atoms with Crippen LogP contribution in [0.25, 0.3) is 0 Å². The first-order chi connectivity index (χ1) is 9.97. The maximum absolute atomic E-state index is 12.6. The topological polar surface area (TPSA) is 3.24 Å². The zero-order chi connectivity index (χ0) is 15.0. The molecule has 1 nitrogen and oxygen atoms in total. The minimum Gasteiger partial charge on any atom is -0.341 e. The van der Waals surface area contributed by atoms with Crippen LogP contribution < -0.4 is 4.90 Å². The standard InChI is InChI=1S/C17H16F3N/c1-12-4-2-6-16-15(12)5-3-11-21(16)14-9-7-13(8-10-14)17(18,19)20/h2,4,6-10H,3,5,11H2,1H3. The zero-order valence-corrected chi connectivity index (χ0v) is 11.7. The van der Waals surface area contributed by atoms with Crippen LogP contribution in [-0.4, -0.2) is 6.54 Å². The maximum Gasteiger partial charge on any atom is 0.416 e. The molecular weight excluding hydrogens is 275 g/mol. The third-order valence-corrected chi connectivity index (χ3v) is 3.99. The summed E-state index contributed by atoms with van der Waals surface area (Å²) in [5.41, 5.74) is 3.86. The number of aryl methyl sites for hydroxylation is 1. The van der Waals surface area contributed by atoms with E-state index in [2.05, 4.69) is 17.9 Å². The summed E-state index contributed by atoms with van der Waals surface area (Å²) in [6.07, 6.45) is -2.24. The van der Waals surface area contributed by atoms with Crippen molar-refractivity contribution in [2.24, 2.45) is 0 Å². The van der Waals surface area contributed by atoms with Gasteiger partial charge in [-0.2, -0.15) is 13.2 Å². The van der Waals surface area contributed by atoms with Gasteiger partial charge in [-0.15, -0.1) is 0 Å². The van der Waals surface area contributed by atoms with Crippen LogP contribution in [0.1, 0.15) is 23.1 Å². The number of fused-ring (bicyclic) bond motifs is 1. The molecule has 21 heavy (non-hydrogen) atoms. The van der Waals surface area contributed by atoms with E-state index in [0.29, 0.717) is 0 Å². The first-order valence-electron chi connectivity index (χ1n) is 7.00. The third kappa shape index (κ3) is 2.62. The molecule has 4 heteroatoms. The van der Waals surface area contributed by atoms with Gasteiger partial charge in [0.15, 0.2) is 0 Å². The first-order valence-corrected chi connectivity index (χ1v) is 7.00. The summed E-state index contributed by atoms with van der Waals surface area (Å²) in [6, 6.07) is 11.5. The van der Waals surface area contributed by atoms with E-state index in [-0.39, 0.29) is 0 Å². The van der Waals surface area contributed by atoms with Crippen molar-refractivity contribution < 1.29 is 13.2 Å². The number of hydrogen-bond donors (Lipinski definition) is 0. The molecule has 110 valence electrons. The summed E-state index contributed by atoms with van der Waals surface area (Å²) in [5.74, 6) is 0. The zero-order valence-electron chi connectivity index (χ0n) is 11.7. The van der Waals surface area contributed by atoms with Gasteiger partial charge in [0.2, 0.25) is 0 Å². The highest BCUT2D eigenvalue weighted by molar-refractivity contribution is 5.69. The van der Waals surface area contributed by atoms with Crippen molar-refractivity contribution in [3.8, 4) is 0 Å². The molecule has 1 aliphatic heterocycles. The third-order valence-electron chi connectivity index (χ3n) is 3.99. The van der Waals surface area contributed by atoms with Crippen molar-refractivity contribution in [1.82, 2.24) is 0 Å². The van der Waals surface area contributed by atoms with E-state index in [1.807, 2.05) is 12.1 Å². The summed E-state index contributed by atoms with van der Waals surface area (Å²) < 4.78 is 37.9. The monoisotopic (exact) mass is 291 g/mol. The Morgan fingerprint density at radius 1 is 1.00 bits per heavy atom. The van der Waals surface area contributed by atoms with E-state index in [1.165, 1.54) is 11.1 Å². The number of nitrogens with zero attached hydrogens (tertiary/aromatic N) is 1. The Morgan fingerprint density at radius 3 is 2.38 bits per heavy atom. The molecular formula is C17H16F3N. The highest BCUT2D eigenvalue weighted by Gasteiger charge is 2.30. The van der Waals surface area contributed by atoms with Gasteiger partial charge in [0, 0.05) is 17.9 Å². The fourth-order valence-corrected chi connectivity index (χ4v) is 2.90. The lowest BCUT2D eigenvalue weighted by Gasteiger charge is -2.32. The van der Waals surface area contributed by atoms with Crippen molar-refractivity contribution in [2.45, 2.75) is 25.9 Å². The molecule has 0 N–H and O–H groups in total. The van der Waals surface area contributed by atoms with E-state index in [1.54, 1.807) is 12.1 Å². The van der Waals surface area contributed by atoms with Crippen LogP contribution in [0.2, 0.25) is 0 Å². The van der Waals surface area contributed by atoms with Crippen molar-refractivity contribution in [3.63, 3.8) is 0 Å². The van der Waals surface area contributed by atoms with E-state index >= 15 is 0 Å². The van der Waals surface area contributed by atoms with Gasteiger partial charge in [0.05, 0.1) is 5.56 Å². The lowest BCUT2D eigenvalue weighted by molar-refractivity contribution is -0.137. The number of benzene rings is 2. The highest BCUT2D eigenvalue weighted by atomic mass is 19.4. The number of alkyl halides is 3. The van der Waals surface area contributed by atoms with Gasteiger partial charge in [-0.05, 0) is 61.2 Å². The van der Waals surface area contributed by atoms with Crippen LogP contribution in [-0.2, 0) is 12.6 Å². The molecule has 0 bridgehead atoms. The molecule has 0 spiro atoms. The summed E-state index contributed by atoms with van der Waals surface area (Å²) in [6.45, 7) is 2.91. The maximum atomic E-state index is 12.6. The molecule has 0 unspecified atom stereocenters. The highest BCUT2D eigenvalue weighted by Crippen LogP contribution is 2.36. The molecule has 1 heterocycles. The summed E-state index contributed by atoms with van der Waals surface area (Å²) in [7, 11) is 0. The molecule has 0 saturated carbocycles. The van der Waals surface area contributed by atoms with E-state index < -0.39 is 11.7 Å². The summed E-state index contributed by atoms with van der Waals surface area (Å²) in [5, 5.41) is 0. The quantitative estimate of drug-likeness (QED) is 0.706. The Labute approximate surface area is 122 Å². The number of rotatable bonds is 1. The SMILES string of the molecule is Cc1cccc2c1CCCN2c1ccc(C(F)(F)F)cc1. The van der Waals surface area contributed by atoms with Crippen LogP contribution in [0.3, 0.4) is 0 Å². The Kier molecular flexibility index (Phi) is 3.40. The molecule has 0 aliphatic carbocycles. The number of hydrogen-bond acceptors (Lipinski definition) is 1. The van der Waals surface area contributed by atoms with Crippen molar-refractivity contribution in [1.29, 1.82) is 0 Å². The predicted molar refractivity (Wildman–Crippen MR) is 78.0 cm³/mol. The second-order valence-corrected chi connectivity index (χ2v) is 5.37. The Morgan fingerprint density at radius 2 is 1.71 bits per heavy atom. The van der Waals surface area contributed by atoms with Crippen molar-refractivity contribution in [3.05, 3.63) is 59.2 Å². The summed E-state index contributed by atoms with van der Waals surface area (Å²) >= 11 is 0. The molecule has 0 radical (unpaired) electrons. The minimum absolute atomic E-state index is 0.604. The molecule has 0 amide bonds. The minimum atomic E-state index is -4.28. The number of halogens is 3. The average molecular weight is 291 g/mol. The Hall–Kier alpha value is -1.97. The van der Waals surface area contributed by atoms with Crippen LogP contribution >= 0.6 is 0 Å². The average Bonchev–Trinajstić information content (AvgIpc) is 2.46. The fraction of sp³-hybridized carbons (Fsp3) is 0.294. The van der Waals surface area contributed by atoms with Crippen molar-refractivity contribution >= 4 is 11.4 Å². The molecule has 0 aromatic heterocycles. The fourth-order valence-electron chi connectivity index (χ4n) is 2.90. The lowest BCUT2D eigenvalue weighted by atomic mass is 9.96. The smallest absolute Gasteiger partial charge is 0.341 e.